The Labute approximate surface area is 137 Å². The van der Waals surface area contributed by atoms with Gasteiger partial charge in [-0.3, -0.25) is 14.7 Å². The van der Waals surface area contributed by atoms with E-state index in [9.17, 15) is 9.59 Å². The van der Waals surface area contributed by atoms with Crippen molar-refractivity contribution in [2.75, 3.05) is 7.05 Å². The van der Waals surface area contributed by atoms with Crippen molar-refractivity contribution in [3.63, 3.8) is 0 Å². The molecule has 2 aromatic heterocycles. The van der Waals surface area contributed by atoms with Crippen molar-refractivity contribution in [3.05, 3.63) is 68.2 Å². The second-order valence-electron chi connectivity index (χ2n) is 5.21. The molecule has 0 aliphatic heterocycles. The highest BCUT2D eigenvalue weighted by atomic mass is 35.5. The topological polar surface area (TPSA) is 79.3 Å². The van der Waals surface area contributed by atoms with Gasteiger partial charge < -0.3 is 5.32 Å². The number of carbonyl (C=O) groups excluding carboxylic acids is 1. The van der Waals surface area contributed by atoms with Gasteiger partial charge >= 0.3 is 0 Å². The van der Waals surface area contributed by atoms with Crippen LogP contribution < -0.4 is 10.9 Å². The Kier molecular flexibility index (Phi) is 3.92. The van der Waals surface area contributed by atoms with Crippen molar-refractivity contribution in [1.29, 1.82) is 0 Å². The Morgan fingerprint density at radius 2 is 2.04 bits per heavy atom. The van der Waals surface area contributed by atoms with E-state index >= 15 is 0 Å². The number of rotatable bonds is 3. The van der Waals surface area contributed by atoms with E-state index in [0.29, 0.717) is 33.9 Å². The normalized spacial score (nSPS) is 10.9. The first-order chi connectivity index (χ1) is 11.0. The second-order valence-corrected chi connectivity index (χ2v) is 5.65. The largest absolute Gasteiger partial charge is 0.355 e. The minimum Gasteiger partial charge on any atom is -0.355 e. The molecule has 0 bridgehead atoms. The summed E-state index contributed by atoms with van der Waals surface area (Å²) in [6.07, 6.45) is 1.93. The fourth-order valence-corrected chi connectivity index (χ4v) is 2.59. The van der Waals surface area contributed by atoms with Gasteiger partial charge in [0.2, 0.25) is 0 Å². The predicted octanol–water partition coefficient (Wildman–Crippen LogP) is 1.93. The summed E-state index contributed by atoms with van der Waals surface area (Å²) in [5.41, 5.74) is 2.61. The lowest BCUT2D eigenvalue weighted by Crippen LogP contribution is -2.23. The lowest BCUT2D eigenvalue weighted by molar-refractivity contribution is 0.0964. The van der Waals surface area contributed by atoms with Crippen LogP contribution in [0.1, 0.15) is 27.2 Å². The lowest BCUT2D eigenvalue weighted by Gasteiger charge is -2.06. The summed E-state index contributed by atoms with van der Waals surface area (Å²) < 4.78 is 1.29. The maximum atomic E-state index is 12.7. The van der Waals surface area contributed by atoms with Crippen LogP contribution in [0.5, 0.6) is 0 Å². The molecular weight excluding hydrogens is 316 g/mol. The molecule has 23 heavy (non-hydrogen) atoms. The molecule has 0 saturated carbocycles. The smallest absolute Gasteiger partial charge is 0.276 e. The third kappa shape index (κ3) is 2.73. The average Bonchev–Trinajstić information content (AvgIpc) is 2.96. The van der Waals surface area contributed by atoms with Gasteiger partial charge in [0, 0.05) is 35.9 Å². The Morgan fingerprint density at radius 1 is 1.35 bits per heavy atom. The van der Waals surface area contributed by atoms with Crippen LogP contribution in [0.3, 0.4) is 0 Å². The van der Waals surface area contributed by atoms with Gasteiger partial charge in [0.1, 0.15) is 5.56 Å². The zero-order chi connectivity index (χ0) is 16.6. The molecule has 6 nitrogen and oxygen atoms in total. The highest BCUT2D eigenvalue weighted by Crippen LogP contribution is 2.15. The number of aromatic amines is 1. The number of halogens is 1. The van der Waals surface area contributed by atoms with E-state index in [0.717, 1.165) is 5.56 Å². The summed E-state index contributed by atoms with van der Waals surface area (Å²) >= 11 is 5.88. The second kappa shape index (κ2) is 5.89. The van der Waals surface area contributed by atoms with Crippen LogP contribution in [0.15, 0.2) is 35.3 Å². The minimum absolute atomic E-state index is 0.211. The van der Waals surface area contributed by atoms with E-state index in [4.69, 9.17) is 11.6 Å². The molecule has 0 spiro atoms. The van der Waals surface area contributed by atoms with E-state index in [2.05, 4.69) is 15.4 Å². The molecular formula is C16H15ClN4O2. The van der Waals surface area contributed by atoms with Crippen molar-refractivity contribution in [2.45, 2.75) is 13.3 Å². The molecule has 0 atom stereocenters. The van der Waals surface area contributed by atoms with Crippen LogP contribution >= 0.6 is 11.6 Å². The molecule has 0 radical (unpaired) electrons. The van der Waals surface area contributed by atoms with Gasteiger partial charge in [-0.2, -0.15) is 0 Å². The van der Waals surface area contributed by atoms with Crippen molar-refractivity contribution in [3.8, 4) is 0 Å². The van der Waals surface area contributed by atoms with Gasteiger partial charge in [0.25, 0.3) is 11.5 Å². The first-order valence-electron chi connectivity index (χ1n) is 7.07. The minimum atomic E-state index is -0.291. The number of benzene rings is 1. The molecule has 0 saturated heterocycles. The van der Waals surface area contributed by atoms with Crippen LogP contribution in [-0.4, -0.2) is 27.6 Å². The van der Waals surface area contributed by atoms with Crippen LogP contribution in [0, 0.1) is 6.92 Å². The van der Waals surface area contributed by atoms with E-state index < -0.39 is 0 Å². The monoisotopic (exact) mass is 330 g/mol. The molecule has 0 unspecified atom stereocenters. The number of H-pyrrole nitrogens is 1. The SMILES string of the molecule is CNC(=O)c1c[nH]n2c(=O)c(Cc3ccc(Cl)cc3)c(C)nc12. The molecule has 0 aliphatic carbocycles. The molecule has 3 aromatic rings. The number of hydrogen-bond donors (Lipinski definition) is 2. The standard InChI is InChI=1S/C16H15ClN4O2/c1-9-12(7-10-3-5-11(17)6-4-10)16(23)21-14(20-9)13(8-19-21)15(22)18-2/h3-6,8,19H,7H2,1-2H3,(H,18,22). The Bertz CT molecular complexity index is 941. The zero-order valence-electron chi connectivity index (χ0n) is 12.7. The van der Waals surface area contributed by atoms with E-state index in [-0.39, 0.29) is 11.5 Å². The molecule has 3 rings (SSSR count). The van der Waals surface area contributed by atoms with Gasteiger partial charge in [0.15, 0.2) is 5.65 Å². The fourth-order valence-electron chi connectivity index (χ4n) is 2.47. The fraction of sp³-hybridized carbons (Fsp3) is 0.188. The van der Waals surface area contributed by atoms with Gasteiger partial charge in [0.05, 0.1) is 0 Å². The lowest BCUT2D eigenvalue weighted by atomic mass is 10.1. The maximum absolute atomic E-state index is 12.7. The molecule has 0 aliphatic rings. The summed E-state index contributed by atoms with van der Waals surface area (Å²) in [6, 6.07) is 7.32. The summed E-state index contributed by atoms with van der Waals surface area (Å²) in [5, 5.41) is 5.97. The highest BCUT2D eigenvalue weighted by molar-refractivity contribution is 6.30. The highest BCUT2D eigenvalue weighted by Gasteiger charge is 2.17. The molecule has 7 heteroatoms. The molecule has 118 valence electrons. The van der Waals surface area contributed by atoms with Gasteiger partial charge in [-0.15, -0.1) is 0 Å². The van der Waals surface area contributed by atoms with Crippen molar-refractivity contribution >= 4 is 23.2 Å². The Morgan fingerprint density at radius 3 is 2.70 bits per heavy atom. The molecule has 1 amide bonds. The maximum Gasteiger partial charge on any atom is 0.276 e. The zero-order valence-corrected chi connectivity index (χ0v) is 13.4. The quantitative estimate of drug-likeness (QED) is 0.770. The van der Waals surface area contributed by atoms with Crippen molar-refractivity contribution in [1.82, 2.24) is 19.9 Å². The average molecular weight is 331 g/mol. The van der Waals surface area contributed by atoms with Crippen LogP contribution in [-0.2, 0) is 6.42 Å². The molecule has 1 aromatic carbocycles. The van der Waals surface area contributed by atoms with Crippen molar-refractivity contribution < 1.29 is 4.79 Å². The number of nitrogens with one attached hydrogen (secondary N) is 2. The third-order valence-electron chi connectivity index (χ3n) is 3.73. The molecule has 2 heterocycles. The van der Waals surface area contributed by atoms with Crippen LogP contribution in [0.25, 0.3) is 5.65 Å². The summed E-state index contributed by atoms with van der Waals surface area (Å²) in [4.78, 5) is 28.9. The van der Waals surface area contributed by atoms with Gasteiger partial charge in [-0.1, -0.05) is 23.7 Å². The number of amides is 1. The molecule has 2 N–H and O–H groups in total. The number of aromatic nitrogens is 3. The predicted molar refractivity (Wildman–Crippen MR) is 88.2 cm³/mol. The van der Waals surface area contributed by atoms with Gasteiger partial charge in [-0.05, 0) is 24.6 Å². The van der Waals surface area contributed by atoms with E-state index in [1.807, 2.05) is 12.1 Å². The summed E-state index contributed by atoms with van der Waals surface area (Å²) in [7, 11) is 1.53. The molecule has 0 fully saturated rings. The van der Waals surface area contributed by atoms with Crippen LogP contribution in [0.2, 0.25) is 5.02 Å². The number of fused-ring (bicyclic) bond motifs is 1. The van der Waals surface area contributed by atoms with E-state index in [1.165, 1.54) is 17.8 Å². The number of nitrogens with zero attached hydrogens (tertiary/aromatic N) is 2. The summed E-state index contributed by atoms with van der Waals surface area (Å²) in [6.45, 7) is 1.77. The number of hydrogen-bond acceptors (Lipinski definition) is 3. The third-order valence-corrected chi connectivity index (χ3v) is 3.98. The summed E-state index contributed by atoms with van der Waals surface area (Å²) in [5.74, 6) is -0.291. The van der Waals surface area contributed by atoms with Crippen LogP contribution in [0.4, 0.5) is 0 Å². The van der Waals surface area contributed by atoms with Crippen molar-refractivity contribution in [2.24, 2.45) is 0 Å². The first kappa shape index (κ1) is 15.3. The Hall–Kier alpha value is -2.60. The Balaban J connectivity index is 2.10. The first-order valence-corrected chi connectivity index (χ1v) is 7.45. The number of aryl methyl sites for hydroxylation is 1. The number of carbonyl (C=O) groups is 1. The van der Waals surface area contributed by atoms with Gasteiger partial charge in [-0.25, -0.2) is 9.50 Å². The van der Waals surface area contributed by atoms with E-state index in [1.54, 1.807) is 19.1 Å².